The molecule has 196 valence electrons. The lowest BCUT2D eigenvalue weighted by atomic mass is 10.1. The summed E-state index contributed by atoms with van der Waals surface area (Å²) in [6.45, 7) is 2.55. The van der Waals surface area contributed by atoms with Gasteiger partial charge in [-0.15, -0.1) is 0 Å². The van der Waals surface area contributed by atoms with Gasteiger partial charge in [-0.1, -0.05) is 30.3 Å². The molecule has 4 rings (SSSR count). The number of barbiturate groups is 1. The summed E-state index contributed by atoms with van der Waals surface area (Å²) >= 11 is 0. The summed E-state index contributed by atoms with van der Waals surface area (Å²) < 4.78 is 16.9. The van der Waals surface area contributed by atoms with Crippen LogP contribution in [0.4, 0.5) is 10.5 Å². The van der Waals surface area contributed by atoms with Crippen molar-refractivity contribution in [2.75, 3.05) is 38.3 Å². The second-order valence-electron chi connectivity index (χ2n) is 8.29. The van der Waals surface area contributed by atoms with Gasteiger partial charge in [-0.25, -0.2) is 9.78 Å². The average Bonchev–Trinajstić information content (AvgIpc) is 2.93. The summed E-state index contributed by atoms with van der Waals surface area (Å²) in [5, 5.41) is 4.13. The molecule has 10 heteroatoms. The SMILES string of the molecule is COc1ccc(COCCN(CCOc2ccccn2)c2ccc(C=C3C(=O)NC(=O)NC3=O)cc2)cc1. The number of ether oxygens (including phenoxy) is 3. The lowest BCUT2D eigenvalue weighted by Gasteiger charge is -2.25. The van der Waals surface area contributed by atoms with Gasteiger partial charge < -0.3 is 19.1 Å². The van der Waals surface area contributed by atoms with Crippen molar-refractivity contribution in [3.63, 3.8) is 0 Å². The summed E-state index contributed by atoms with van der Waals surface area (Å²) in [6, 6.07) is 19.8. The topological polar surface area (TPSA) is 119 Å². The summed E-state index contributed by atoms with van der Waals surface area (Å²) in [7, 11) is 1.63. The number of carbonyl (C=O) groups excluding carboxylic acids is 3. The van der Waals surface area contributed by atoms with E-state index in [9.17, 15) is 14.4 Å². The number of hydrogen-bond donors (Lipinski definition) is 2. The van der Waals surface area contributed by atoms with Crippen molar-refractivity contribution in [3.8, 4) is 11.6 Å². The van der Waals surface area contributed by atoms with Gasteiger partial charge in [-0.2, -0.15) is 0 Å². The maximum absolute atomic E-state index is 12.0. The molecule has 0 unspecified atom stereocenters. The first kappa shape index (κ1) is 26.4. The molecule has 0 bridgehead atoms. The van der Waals surface area contributed by atoms with E-state index in [1.807, 2.05) is 48.5 Å². The predicted molar refractivity (Wildman–Crippen MR) is 141 cm³/mol. The summed E-state index contributed by atoms with van der Waals surface area (Å²) in [6.07, 6.45) is 3.11. The van der Waals surface area contributed by atoms with Crippen LogP contribution >= 0.6 is 0 Å². The Morgan fingerprint density at radius 2 is 1.58 bits per heavy atom. The van der Waals surface area contributed by atoms with Crippen LogP contribution in [-0.4, -0.2) is 56.2 Å². The molecule has 4 amide bonds. The number of anilines is 1. The minimum Gasteiger partial charge on any atom is -0.497 e. The van der Waals surface area contributed by atoms with Crippen molar-refractivity contribution in [1.82, 2.24) is 15.6 Å². The number of hydrogen-bond acceptors (Lipinski definition) is 8. The minimum atomic E-state index is -0.828. The molecule has 2 N–H and O–H groups in total. The van der Waals surface area contributed by atoms with E-state index in [1.54, 1.807) is 31.5 Å². The van der Waals surface area contributed by atoms with Gasteiger partial charge in [0.2, 0.25) is 5.88 Å². The van der Waals surface area contributed by atoms with Crippen LogP contribution in [0, 0.1) is 0 Å². The Bertz CT molecular complexity index is 1250. The smallest absolute Gasteiger partial charge is 0.328 e. The van der Waals surface area contributed by atoms with Gasteiger partial charge in [0.25, 0.3) is 11.8 Å². The fourth-order valence-corrected chi connectivity index (χ4v) is 3.70. The van der Waals surface area contributed by atoms with E-state index in [1.165, 1.54) is 6.08 Å². The van der Waals surface area contributed by atoms with Crippen molar-refractivity contribution in [3.05, 3.63) is 89.6 Å². The van der Waals surface area contributed by atoms with E-state index in [4.69, 9.17) is 14.2 Å². The van der Waals surface area contributed by atoms with Crippen LogP contribution in [0.1, 0.15) is 11.1 Å². The third-order valence-electron chi connectivity index (χ3n) is 5.69. The number of benzene rings is 2. The highest BCUT2D eigenvalue weighted by Gasteiger charge is 2.27. The van der Waals surface area contributed by atoms with E-state index in [0.29, 0.717) is 44.4 Å². The molecule has 1 fully saturated rings. The Balaban J connectivity index is 1.39. The average molecular weight is 517 g/mol. The molecule has 0 atom stereocenters. The van der Waals surface area contributed by atoms with Crippen LogP contribution in [0.15, 0.2) is 78.5 Å². The first-order valence-electron chi connectivity index (χ1n) is 12.0. The highest BCUT2D eigenvalue weighted by Crippen LogP contribution is 2.18. The molecule has 0 aliphatic carbocycles. The quantitative estimate of drug-likeness (QED) is 0.214. The van der Waals surface area contributed by atoms with Crippen LogP contribution in [-0.2, 0) is 20.9 Å². The van der Waals surface area contributed by atoms with Gasteiger partial charge in [0, 0.05) is 24.5 Å². The standard InChI is InChI=1S/C28H28N4O6/c1-36-23-11-7-21(8-12-23)19-37-16-14-32(15-17-38-25-4-2-3-13-29-25)22-9-5-20(6-10-22)18-24-26(33)30-28(35)31-27(24)34/h2-13,18H,14-17,19H2,1H3,(H2,30,31,33,34,35). The molecular formula is C28H28N4O6. The summed E-state index contributed by atoms with van der Waals surface area (Å²) in [5.74, 6) is -0.117. The number of amides is 4. The van der Waals surface area contributed by atoms with Crippen LogP contribution in [0.2, 0.25) is 0 Å². The minimum absolute atomic E-state index is 0.134. The summed E-state index contributed by atoms with van der Waals surface area (Å²) in [5.41, 5.74) is 2.47. The molecule has 10 nitrogen and oxygen atoms in total. The van der Waals surface area contributed by atoms with E-state index in [-0.39, 0.29) is 5.57 Å². The van der Waals surface area contributed by atoms with E-state index >= 15 is 0 Å². The lowest BCUT2D eigenvalue weighted by molar-refractivity contribution is -0.123. The normalized spacial score (nSPS) is 13.0. The number of imide groups is 2. The van der Waals surface area contributed by atoms with Crippen molar-refractivity contribution < 1.29 is 28.6 Å². The summed E-state index contributed by atoms with van der Waals surface area (Å²) in [4.78, 5) is 41.6. The zero-order valence-corrected chi connectivity index (χ0v) is 20.9. The molecule has 38 heavy (non-hydrogen) atoms. The first-order valence-corrected chi connectivity index (χ1v) is 12.0. The number of rotatable bonds is 12. The third kappa shape index (κ3) is 7.40. The van der Waals surface area contributed by atoms with Crippen LogP contribution in [0.5, 0.6) is 11.6 Å². The largest absolute Gasteiger partial charge is 0.497 e. The molecular weight excluding hydrogens is 488 g/mol. The maximum Gasteiger partial charge on any atom is 0.328 e. The fourth-order valence-electron chi connectivity index (χ4n) is 3.70. The van der Waals surface area contributed by atoms with Gasteiger partial charge in [-0.05, 0) is 47.5 Å². The van der Waals surface area contributed by atoms with Crippen molar-refractivity contribution in [1.29, 1.82) is 0 Å². The zero-order chi connectivity index (χ0) is 26.7. The van der Waals surface area contributed by atoms with Gasteiger partial charge in [0.15, 0.2) is 0 Å². The van der Waals surface area contributed by atoms with E-state index < -0.39 is 17.8 Å². The molecule has 0 radical (unpaired) electrons. The lowest BCUT2D eigenvalue weighted by Crippen LogP contribution is -2.51. The fraction of sp³-hybridized carbons (Fsp3) is 0.214. The van der Waals surface area contributed by atoms with Crippen molar-refractivity contribution in [2.24, 2.45) is 0 Å². The number of nitrogens with zero attached hydrogens (tertiary/aromatic N) is 2. The molecule has 3 aromatic rings. The van der Waals surface area contributed by atoms with Gasteiger partial charge in [0.05, 0.1) is 26.9 Å². The Morgan fingerprint density at radius 3 is 2.24 bits per heavy atom. The molecule has 1 saturated heterocycles. The molecule has 1 aliphatic rings. The number of urea groups is 1. The maximum atomic E-state index is 12.0. The molecule has 2 aromatic carbocycles. The number of methoxy groups -OCH3 is 1. The molecule has 0 spiro atoms. The highest BCUT2D eigenvalue weighted by molar-refractivity contribution is 6.31. The molecule has 1 aromatic heterocycles. The van der Waals surface area contributed by atoms with Gasteiger partial charge in [-0.3, -0.25) is 20.2 Å². The van der Waals surface area contributed by atoms with Crippen LogP contribution in [0.3, 0.4) is 0 Å². The Morgan fingerprint density at radius 1 is 0.868 bits per heavy atom. The van der Waals surface area contributed by atoms with Crippen LogP contribution < -0.4 is 25.0 Å². The second kappa shape index (κ2) is 13.0. The van der Waals surface area contributed by atoms with Gasteiger partial charge >= 0.3 is 6.03 Å². The highest BCUT2D eigenvalue weighted by atomic mass is 16.5. The molecule has 2 heterocycles. The van der Waals surface area contributed by atoms with Crippen molar-refractivity contribution >= 4 is 29.6 Å². The Hall–Kier alpha value is -4.70. The van der Waals surface area contributed by atoms with E-state index in [0.717, 1.165) is 17.0 Å². The first-order chi connectivity index (χ1) is 18.5. The van der Waals surface area contributed by atoms with E-state index in [2.05, 4.69) is 20.5 Å². The number of carbonyl (C=O) groups is 3. The van der Waals surface area contributed by atoms with Crippen LogP contribution in [0.25, 0.3) is 6.08 Å². The van der Waals surface area contributed by atoms with Gasteiger partial charge in [0.1, 0.15) is 17.9 Å². The monoisotopic (exact) mass is 516 g/mol. The Labute approximate surface area is 220 Å². The number of nitrogens with one attached hydrogen (secondary N) is 2. The molecule has 1 aliphatic heterocycles. The number of aromatic nitrogens is 1. The predicted octanol–water partition coefficient (Wildman–Crippen LogP) is 2.94. The van der Waals surface area contributed by atoms with Crippen molar-refractivity contribution in [2.45, 2.75) is 6.61 Å². The third-order valence-corrected chi connectivity index (χ3v) is 5.69. The second-order valence-corrected chi connectivity index (χ2v) is 8.29. The molecule has 0 saturated carbocycles. The zero-order valence-electron chi connectivity index (χ0n) is 20.9. The Kier molecular flexibility index (Phi) is 9.03. The number of pyridine rings is 1.